The van der Waals surface area contributed by atoms with E-state index in [1.807, 2.05) is 6.92 Å². The van der Waals surface area contributed by atoms with Crippen molar-refractivity contribution in [2.24, 2.45) is 10.9 Å². The summed E-state index contributed by atoms with van der Waals surface area (Å²) in [5.74, 6) is -0.474. The summed E-state index contributed by atoms with van der Waals surface area (Å²) >= 11 is 0. The first-order valence-electron chi connectivity index (χ1n) is 6.22. The number of nitrogens with zero attached hydrogens (tertiary/aromatic N) is 1. The van der Waals surface area contributed by atoms with Crippen LogP contribution in [0, 0.1) is 0 Å². The SMILES string of the molecule is CCCCCOc1ccc(/C(N)=N/O)c(C(F)(F)F)c1. The number of alkyl halides is 3. The minimum Gasteiger partial charge on any atom is -0.494 e. The molecule has 0 aliphatic carbocycles. The van der Waals surface area contributed by atoms with Crippen LogP contribution in [0.4, 0.5) is 13.2 Å². The van der Waals surface area contributed by atoms with Gasteiger partial charge in [-0.3, -0.25) is 0 Å². The zero-order valence-electron chi connectivity index (χ0n) is 11.1. The summed E-state index contributed by atoms with van der Waals surface area (Å²) in [6, 6.07) is 3.36. The molecule has 0 aromatic heterocycles. The summed E-state index contributed by atoms with van der Waals surface area (Å²) in [6.45, 7) is 2.38. The maximum Gasteiger partial charge on any atom is 0.417 e. The van der Waals surface area contributed by atoms with Crippen molar-refractivity contribution < 1.29 is 23.1 Å². The molecule has 0 atom stereocenters. The second-order valence-electron chi connectivity index (χ2n) is 4.25. The highest BCUT2D eigenvalue weighted by Gasteiger charge is 2.34. The van der Waals surface area contributed by atoms with E-state index in [0.717, 1.165) is 31.4 Å². The number of rotatable bonds is 6. The molecular formula is C13H17F3N2O2. The summed E-state index contributed by atoms with van der Waals surface area (Å²) in [5.41, 5.74) is 3.88. The monoisotopic (exact) mass is 290 g/mol. The Balaban J connectivity index is 2.97. The Kier molecular flexibility index (Phi) is 5.66. The number of ether oxygens (including phenoxy) is 1. The van der Waals surface area contributed by atoms with E-state index in [1.165, 1.54) is 6.07 Å². The first-order valence-corrected chi connectivity index (χ1v) is 6.22. The summed E-state index contributed by atoms with van der Waals surface area (Å²) in [4.78, 5) is 0. The third kappa shape index (κ3) is 4.32. The van der Waals surface area contributed by atoms with Crippen LogP contribution in [0.25, 0.3) is 0 Å². The predicted molar refractivity (Wildman–Crippen MR) is 69.0 cm³/mol. The van der Waals surface area contributed by atoms with Gasteiger partial charge in [0.05, 0.1) is 12.2 Å². The van der Waals surface area contributed by atoms with Crippen LogP contribution in [0.3, 0.4) is 0 Å². The Hall–Kier alpha value is -1.92. The molecule has 0 fully saturated rings. The van der Waals surface area contributed by atoms with Crippen molar-refractivity contribution in [3.05, 3.63) is 29.3 Å². The fourth-order valence-electron chi connectivity index (χ4n) is 1.67. The molecule has 112 valence electrons. The van der Waals surface area contributed by atoms with E-state index in [2.05, 4.69) is 5.16 Å². The molecule has 7 heteroatoms. The Labute approximate surface area is 115 Å². The maximum atomic E-state index is 12.9. The normalized spacial score (nSPS) is 12.5. The molecule has 1 rings (SSSR count). The van der Waals surface area contributed by atoms with Crippen LogP contribution < -0.4 is 10.5 Å². The van der Waals surface area contributed by atoms with E-state index in [9.17, 15) is 13.2 Å². The Morgan fingerprint density at radius 3 is 2.60 bits per heavy atom. The number of oxime groups is 1. The number of halogens is 3. The number of benzene rings is 1. The van der Waals surface area contributed by atoms with Gasteiger partial charge in [-0.05, 0) is 24.6 Å². The first kappa shape index (κ1) is 16.1. The van der Waals surface area contributed by atoms with Crippen LogP contribution in [0.5, 0.6) is 5.75 Å². The summed E-state index contributed by atoms with van der Waals surface area (Å²) in [6.07, 6.45) is -1.87. The molecule has 1 aromatic rings. The van der Waals surface area contributed by atoms with Gasteiger partial charge in [-0.15, -0.1) is 0 Å². The van der Waals surface area contributed by atoms with E-state index in [0.29, 0.717) is 6.61 Å². The predicted octanol–water partition coefficient (Wildman–Crippen LogP) is 3.37. The maximum absolute atomic E-state index is 12.9. The molecule has 0 spiro atoms. The molecule has 1 aromatic carbocycles. The van der Waals surface area contributed by atoms with Gasteiger partial charge in [0.1, 0.15) is 5.75 Å². The lowest BCUT2D eigenvalue weighted by atomic mass is 10.1. The Morgan fingerprint density at radius 2 is 2.05 bits per heavy atom. The molecule has 0 aliphatic heterocycles. The lowest BCUT2D eigenvalue weighted by Crippen LogP contribution is -2.20. The van der Waals surface area contributed by atoms with Crippen molar-refractivity contribution in [3.63, 3.8) is 0 Å². The van der Waals surface area contributed by atoms with Gasteiger partial charge in [0.2, 0.25) is 0 Å². The largest absolute Gasteiger partial charge is 0.494 e. The second-order valence-corrected chi connectivity index (χ2v) is 4.25. The zero-order chi connectivity index (χ0) is 15.2. The average molecular weight is 290 g/mol. The molecule has 0 heterocycles. The average Bonchev–Trinajstić information content (AvgIpc) is 2.41. The van der Waals surface area contributed by atoms with Gasteiger partial charge < -0.3 is 15.7 Å². The third-order valence-electron chi connectivity index (χ3n) is 2.70. The highest BCUT2D eigenvalue weighted by atomic mass is 19.4. The van der Waals surface area contributed by atoms with Crippen molar-refractivity contribution in [3.8, 4) is 5.75 Å². The summed E-state index contributed by atoms with van der Waals surface area (Å²) in [7, 11) is 0. The highest BCUT2D eigenvalue weighted by Crippen LogP contribution is 2.34. The van der Waals surface area contributed by atoms with E-state index in [4.69, 9.17) is 15.7 Å². The minimum atomic E-state index is -4.60. The fourth-order valence-corrected chi connectivity index (χ4v) is 1.67. The van der Waals surface area contributed by atoms with Gasteiger partial charge in [0.15, 0.2) is 5.84 Å². The second kappa shape index (κ2) is 7.02. The van der Waals surface area contributed by atoms with Gasteiger partial charge >= 0.3 is 6.18 Å². The van der Waals surface area contributed by atoms with Gasteiger partial charge in [-0.1, -0.05) is 24.9 Å². The van der Waals surface area contributed by atoms with Crippen LogP contribution >= 0.6 is 0 Å². The Morgan fingerprint density at radius 1 is 1.35 bits per heavy atom. The van der Waals surface area contributed by atoms with Crippen molar-refractivity contribution in [2.75, 3.05) is 6.61 Å². The van der Waals surface area contributed by atoms with E-state index >= 15 is 0 Å². The number of hydrogen-bond acceptors (Lipinski definition) is 3. The molecule has 4 nitrogen and oxygen atoms in total. The molecule has 3 N–H and O–H groups in total. The molecule has 0 saturated carbocycles. The van der Waals surface area contributed by atoms with Crippen LogP contribution in [0.2, 0.25) is 0 Å². The number of nitrogens with two attached hydrogens (primary N) is 1. The van der Waals surface area contributed by atoms with Crippen LogP contribution in [0.15, 0.2) is 23.4 Å². The summed E-state index contributed by atoms with van der Waals surface area (Å²) in [5, 5.41) is 11.1. The van der Waals surface area contributed by atoms with Gasteiger partial charge in [0.25, 0.3) is 0 Å². The Bertz CT molecular complexity index is 473. The third-order valence-corrected chi connectivity index (χ3v) is 2.70. The van der Waals surface area contributed by atoms with Crippen molar-refractivity contribution in [2.45, 2.75) is 32.4 Å². The molecular weight excluding hydrogens is 273 g/mol. The lowest BCUT2D eigenvalue weighted by molar-refractivity contribution is -0.137. The van der Waals surface area contributed by atoms with Crippen molar-refractivity contribution in [1.82, 2.24) is 0 Å². The summed E-state index contributed by atoms with van der Waals surface area (Å²) < 4.78 is 44.0. The van der Waals surface area contributed by atoms with E-state index in [-0.39, 0.29) is 11.3 Å². The van der Waals surface area contributed by atoms with Gasteiger partial charge in [-0.2, -0.15) is 13.2 Å². The molecule has 0 aliphatic rings. The topological polar surface area (TPSA) is 67.8 Å². The number of unbranched alkanes of at least 4 members (excludes halogenated alkanes) is 2. The van der Waals surface area contributed by atoms with Crippen molar-refractivity contribution >= 4 is 5.84 Å². The quantitative estimate of drug-likeness (QED) is 0.277. The standard InChI is InChI=1S/C13H17F3N2O2/c1-2-3-4-7-20-9-5-6-10(12(17)18-19)11(8-9)13(14,15)16/h5-6,8,19H,2-4,7H2,1H3,(H2,17,18). The fraction of sp³-hybridized carbons (Fsp3) is 0.462. The molecule has 0 bridgehead atoms. The van der Waals surface area contributed by atoms with Gasteiger partial charge in [-0.25, -0.2) is 0 Å². The molecule has 0 unspecified atom stereocenters. The number of hydrogen-bond donors (Lipinski definition) is 2. The zero-order valence-corrected chi connectivity index (χ0v) is 11.1. The lowest BCUT2D eigenvalue weighted by Gasteiger charge is -2.14. The van der Waals surface area contributed by atoms with Gasteiger partial charge in [0, 0.05) is 5.56 Å². The minimum absolute atomic E-state index is 0.114. The van der Waals surface area contributed by atoms with Crippen LogP contribution in [-0.4, -0.2) is 17.6 Å². The molecule has 0 amide bonds. The smallest absolute Gasteiger partial charge is 0.417 e. The van der Waals surface area contributed by atoms with Crippen molar-refractivity contribution in [1.29, 1.82) is 0 Å². The van der Waals surface area contributed by atoms with E-state index < -0.39 is 17.6 Å². The molecule has 0 saturated heterocycles. The highest BCUT2D eigenvalue weighted by molar-refractivity contribution is 5.98. The van der Waals surface area contributed by atoms with Crippen LogP contribution in [-0.2, 0) is 6.18 Å². The molecule has 20 heavy (non-hydrogen) atoms. The molecule has 0 radical (unpaired) electrons. The van der Waals surface area contributed by atoms with E-state index in [1.54, 1.807) is 0 Å². The number of amidine groups is 1. The van der Waals surface area contributed by atoms with Crippen LogP contribution in [0.1, 0.15) is 37.3 Å². The first-order chi connectivity index (χ1) is 9.40.